The summed E-state index contributed by atoms with van der Waals surface area (Å²) in [7, 11) is 5.01. The first-order chi connectivity index (χ1) is 12.5. The molecule has 2 N–H and O–H groups in total. The van der Waals surface area contributed by atoms with E-state index >= 15 is 0 Å². The Morgan fingerprint density at radius 2 is 1.54 bits per heavy atom. The minimum atomic E-state index is -1.24. The topological polar surface area (TPSA) is 80.0 Å². The van der Waals surface area contributed by atoms with Crippen molar-refractivity contribution in [3.05, 3.63) is 46.9 Å². The third-order valence-electron chi connectivity index (χ3n) is 3.74. The molecule has 1 unspecified atom stereocenters. The predicted octanol–water partition coefficient (Wildman–Crippen LogP) is 3.22. The first kappa shape index (κ1) is 19.7. The lowest BCUT2D eigenvalue weighted by Gasteiger charge is -2.12. The summed E-state index contributed by atoms with van der Waals surface area (Å²) in [6.45, 7) is 0. The van der Waals surface area contributed by atoms with E-state index < -0.39 is 10.8 Å². The molecule has 0 bridgehead atoms. The molecule has 0 heterocycles. The summed E-state index contributed by atoms with van der Waals surface area (Å²) < 4.78 is 33.5. The zero-order chi connectivity index (χ0) is 19.1. The number of rotatable bonds is 8. The molecule has 0 aliphatic carbocycles. The van der Waals surface area contributed by atoms with Crippen LogP contribution in [-0.2, 0) is 16.6 Å². The molecule has 0 aromatic heterocycles. The molecule has 26 heavy (non-hydrogen) atoms. The van der Waals surface area contributed by atoms with E-state index in [1.54, 1.807) is 64.2 Å². The van der Waals surface area contributed by atoms with Gasteiger partial charge in [0.25, 0.3) is 0 Å². The highest BCUT2D eigenvalue weighted by Gasteiger charge is 2.11. The molecule has 7 heteroatoms. The fourth-order valence-electron chi connectivity index (χ4n) is 2.43. The quantitative estimate of drug-likeness (QED) is 0.712. The van der Waals surface area contributed by atoms with E-state index in [0.717, 1.165) is 5.56 Å². The van der Waals surface area contributed by atoms with Crippen molar-refractivity contribution in [2.45, 2.75) is 5.75 Å². The maximum absolute atomic E-state index is 12.4. The molecule has 1 atom stereocenters. The Morgan fingerprint density at radius 3 is 2.04 bits per heavy atom. The second kappa shape index (κ2) is 9.15. The average Bonchev–Trinajstić information content (AvgIpc) is 2.65. The van der Waals surface area contributed by atoms with E-state index in [0.29, 0.717) is 40.0 Å². The summed E-state index contributed by atoms with van der Waals surface area (Å²) in [5.74, 6) is 2.70. The SMILES string of the molecule is COc1cc(OC)c(/C=C\S(=O)Cc2ccc(OC)c(N)c2)c(OC)c1. The highest BCUT2D eigenvalue weighted by molar-refractivity contribution is 7.87. The Labute approximate surface area is 156 Å². The summed E-state index contributed by atoms with van der Waals surface area (Å²) in [6.07, 6.45) is 1.72. The van der Waals surface area contributed by atoms with Crippen LogP contribution < -0.4 is 24.7 Å². The van der Waals surface area contributed by atoms with Crippen molar-refractivity contribution in [2.75, 3.05) is 34.2 Å². The molecule has 0 amide bonds. The van der Waals surface area contributed by atoms with Crippen LogP contribution in [0, 0.1) is 0 Å². The molecule has 2 rings (SSSR count). The molecular formula is C19H23NO5S. The lowest BCUT2D eigenvalue weighted by Crippen LogP contribution is -1.97. The van der Waals surface area contributed by atoms with Crippen LogP contribution >= 0.6 is 0 Å². The zero-order valence-electron chi connectivity index (χ0n) is 15.3. The van der Waals surface area contributed by atoms with Gasteiger partial charge >= 0.3 is 0 Å². The number of nitrogen functional groups attached to an aromatic ring is 1. The summed E-state index contributed by atoms with van der Waals surface area (Å²) >= 11 is 0. The monoisotopic (exact) mass is 377 g/mol. The standard InChI is InChI=1S/C19H23NO5S/c1-22-14-10-18(24-3)15(19(11-14)25-4)7-8-26(21)12-13-5-6-17(23-2)16(20)9-13/h5-11H,12,20H2,1-4H3/b8-7-. The van der Waals surface area contributed by atoms with Gasteiger partial charge in [-0.2, -0.15) is 0 Å². The molecule has 0 radical (unpaired) electrons. The van der Waals surface area contributed by atoms with Crippen LogP contribution in [0.4, 0.5) is 5.69 Å². The largest absolute Gasteiger partial charge is 0.496 e. The van der Waals surface area contributed by atoms with Crippen molar-refractivity contribution in [2.24, 2.45) is 0 Å². The van der Waals surface area contributed by atoms with Crippen molar-refractivity contribution in [3.8, 4) is 23.0 Å². The Bertz CT molecular complexity index is 795. The second-order valence-corrected chi connectivity index (χ2v) is 6.67. The van der Waals surface area contributed by atoms with Gasteiger partial charge in [0.1, 0.15) is 23.0 Å². The first-order valence-electron chi connectivity index (χ1n) is 7.80. The molecule has 140 valence electrons. The summed E-state index contributed by atoms with van der Waals surface area (Å²) in [5.41, 5.74) is 7.96. The van der Waals surface area contributed by atoms with Crippen molar-refractivity contribution >= 4 is 22.6 Å². The van der Waals surface area contributed by atoms with E-state index in [1.807, 2.05) is 6.07 Å². The van der Waals surface area contributed by atoms with Crippen molar-refractivity contribution < 1.29 is 23.2 Å². The third-order valence-corrected chi connectivity index (χ3v) is 4.80. The van der Waals surface area contributed by atoms with Gasteiger partial charge < -0.3 is 24.7 Å². The minimum absolute atomic E-state index is 0.339. The predicted molar refractivity (Wildman–Crippen MR) is 104 cm³/mol. The van der Waals surface area contributed by atoms with Crippen molar-refractivity contribution in [1.82, 2.24) is 0 Å². The third kappa shape index (κ3) is 4.70. The molecule has 6 nitrogen and oxygen atoms in total. The molecule has 0 aliphatic heterocycles. The zero-order valence-corrected chi connectivity index (χ0v) is 16.1. The number of hydrogen-bond acceptors (Lipinski definition) is 6. The van der Waals surface area contributed by atoms with Gasteiger partial charge in [0.2, 0.25) is 0 Å². The van der Waals surface area contributed by atoms with E-state index in [9.17, 15) is 4.21 Å². The van der Waals surface area contributed by atoms with E-state index in [1.165, 1.54) is 0 Å². The number of nitrogens with two attached hydrogens (primary N) is 1. The van der Waals surface area contributed by atoms with Gasteiger partial charge in [-0.1, -0.05) is 6.07 Å². The van der Waals surface area contributed by atoms with Gasteiger partial charge in [-0.05, 0) is 23.8 Å². The van der Waals surface area contributed by atoms with Crippen LogP contribution in [0.25, 0.3) is 6.08 Å². The maximum atomic E-state index is 12.4. The number of hydrogen-bond donors (Lipinski definition) is 1. The fraction of sp³-hybridized carbons (Fsp3) is 0.263. The van der Waals surface area contributed by atoms with Crippen LogP contribution in [0.1, 0.15) is 11.1 Å². The van der Waals surface area contributed by atoms with Gasteiger partial charge in [0.05, 0.1) is 56.2 Å². The highest BCUT2D eigenvalue weighted by Crippen LogP contribution is 2.35. The van der Waals surface area contributed by atoms with Crippen LogP contribution in [0.15, 0.2) is 35.7 Å². The van der Waals surface area contributed by atoms with Crippen molar-refractivity contribution in [1.29, 1.82) is 0 Å². The van der Waals surface area contributed by atoms with Gasteiger partial charge in [-0.15, -0.1) is 0 Å². The molecule has 0 fully saturated rings. The normalized spacial score (nSPS) is 12.0. The van der Waals surface area contributed by atoms with E-state index in [-0.39, 0.29) is 0 Å². The summed E-state index contributed by atoms with van der Waals surface area (Å²) in [5, 5.41) is 1.60. The van der Waals surface area contributed by atoms with Gasteiger partial charge in [-0.3, -0.25) is 4.21 Å². The molecule has 0 aliphatic rings. The maximum Gasteiger partial charge on any atom is 0.141 e. The van der Waals surface area contributed by atoms with E-state index in [2.05, 4.69) is 0 Å². The molecule has 0 saturated heterocycles. The lowest BCUT2D eigenvalue weighted by atomic mass is 10.1. The van der Waals surface area contributed by atoms with Crippen LogP contribution in [-0.4, -0.2) is 32.6 Å². The number of benzene rings is 2. The Kier molecular flexibility index (Phi) is 6.91. The van der Waals surface area contributed by atoms with Crippen LogP contribution in [0.2, 0.25) is 0 Å². The second-order valence-electron chi connectivity index (χ2n) is 5.35. The molecule has 2 aromatic rings. The molecular weight excluding hydrogens is 354 g/mol. The van der Waals surface area contributed by atoms with Crippen LogP contribution in [0.5, 0.6) is 23.0 Å². The van der Waals surface area contributed by atoms with Crippen molar-refractivity contribution in [3.63, 3.8) is 0 Å². The van der Waals surface area contributed by atoms with Gasteiger partial charge in [0.15, 0.2) is 0 Å². The van der Waals surface area contributed by atoms with Crippen LogP contribution in [0.3, 0.4) is 0 Å². The fourth-order valence-corrected chi connectivity index (χ4v) is 3.32. The molecule has 0 spiro atoms. The number of ether oxygens (including phenoxy) is 4. The lowest BCUT2D eigenvalue weighted by molar-refractivity contribution is 0.374. The Morgan fingerprint density at radius 1 is 0.923 bits per heavy atom. The number of anilines is 1. The Hall–Kier alpha value is -2.67. The smallest absolute Gasteiger partial charge is 0.141 e. The first-order valence-corrected chi connectivity index (χ1v) is 9.18. The molecule has 2 aromatic carbocycles. The minimum Gasteiger partial charge on any atom is -0.496 e. The highest BCUT2D eigenvalue weighted by atomic mass is 32.2. The average molecular weight is 377 g/mol. The number of methoxy groups -OCH3 is 4. The Balaban J connectivity index is 2.21. The van der Waals surface area contributed by atoms with Gasteiger partial charge in [-0.25, -0.2) is 0 Å². The van der Waals surface area contributed by atoms with E-state index in [4.69, 9.17) is 24.7 Å². The van der Waals surface area contributed by atoms with Gasteiger partial charge in [0, 0.05) is 17.5 Å². The summed E-state index contributed by atoms with van der Waals surface area (Å²) in [4.78, 5) is 0. The molecule has 0 saturated carbocycles. The summed E-state index contributed by atoms with van der Waals surface area (Å²) in [6, 6.07) is 8.86.